The lowest BCUT2D eigenvalue weighted by molar-refractivity contribution is 0.0634. The van der Waals surface area contributed by atoms with Crippen molar-refractivity contribution >= 4 is 17.9 Å². The average Bonchev–Trinajstić information content (AvgIpc) is 2.17. The van der Waals surface area contributed by atoms with Crippen molar-refractivity contribution in [1.29, 1.82) is 5.41 Å². The van der Waals surface area contributed by atoms with Crippen LogP contribution in [-0.2, 0) is 11.2 Å². The molecule has 0 radical (unpaired) electrons. The summed E-state index contributed by atoms with van der Waals surface area (Å²) in [6, 6.07) is 0. The van der Waals surface area contributed by atoms with E-state index in [2.05, 4.69) is 15.3 Å². The largest absolute Gasteiger partial charge is 0.444 e. The first kappa shape index (κ1) is 13.9. The van der Waals surface area contributed by atoms with Gasteiger partial charge < -0.3 is 10.5 Å². The van der Waals surface area contributed by atoms with Gasteiger partial charge in [-0.15, -0.1) is 0 Å². The van der Waals surface area contributed by atoms with E-state index < -0.39 is 11.7 Å². The summed E-state index contributed by atoms with van der Waals surface area (Å²) >= 11 is 0. The topological polar surface area (TPSA) is 114 Å². The predicted molar refractivity (Wildman–Crippen MR) is 67.5 cm³/mol. The Balaban J connectivity index is 2.58. The van der Waals surface area contributed by atoms with Crippen LogP contribution in [0.15, 0.2) is 12.4 Å². The lowest BCUT2D eigenvalue weighted by Gasteiger charge is -2.19. The number of nitrogens with two attached hydrogens (primary N) is 1. The predicted octanol–water partition coefficient (Wildman–Crippen LogP) is 1.30. The molecule has 4 N–H and O–H groups in total. The molecule has 0 aliphatic heterocycles. The molecule has 1 aromatic heterocycles. The SMILES string of the molecule is CC(C)(C)OC(=O)Nc1ncc(CC(=N)N)cn1. The molecular weight excluding hydrogens is 234 g/mol. The molecule has 98 valence electrons. The van der Waals surface area contributed by atoms with E-state index in [1.807, 2.05) is 0 Å². The highest BCUT2D eigenvalue weighted by molar-refractivity contribution is 5.82. The van der Waals surface area contributed by atoms with Crippen molar-refractivity contribution in [1.82, 2.24) is 9.97 Å². The first-order valence-corrected chi connectivity index (χ1v) is 5.40. The molecule has 0 saturated heterocycles. The Morgan fingerprint density at radius 1 is 1.44 bits per heavy atom. The van der Waals surface area contributed by atoms with E-state index in [9.17, 15) is 4.79 Å². The molecule has 0 aromatic carbocycles. The molecule has 7 heteroatoms. The summed E-state index contributed by atoms with van der Waals surface area (Å²) in [5, 5.41) is 9.54. The van der Waals surface area contributed by atoms with E-state index in [0.29, 0.717) is 5.56 Å². The Hall–Kier alpha value is -2.18. The molecule has 18 heavy (non-hydrogen) atoms. The van der Waals surface area contributed by atoms with Crippen LogP contribution in [0.25, 0.3) is 0 Å². The number of rotatable bonds is 3. The van der Waals surface area contributed by atoms with Crippen LogP contribution in [-0.4, -0.2) is 27.5 Å². The normalized spacial score (nSPS) is 10.8. The third-order valence-electron chi connectivity index (χ3n) is 1.71. The zero-order chi connectivity index (χ0) is 13.8. The number of carbonyl (C=O) groups is 1. The van der Waals surface area contributed by atoms with Crippen LogP contribution in [0.3, 0.4) is 0 Å². The van der Waals surface area contributed by atoms with Crippen molar-refractivity contribution in [2.75, 3.05) is 5.32 Å². The monoisotopic (exact) mass is 251 g/mol. The van der Waals surface area contributed by atoms with E-state index in [1.54, 1.807) is 20.8 Å². The first-order chi connectivity index (χ1) is 8.26. The second-order valence-corrected chi connectivity index (χ2v) is 4.74. The highest BCUT2D eigenvalue weighted by Crippen LogP contribution is 2.09. The van der Waals surface area contributed by atoms with Crippen molar-refractivity contribution in [3.63, 3.8) is 0 Å². The number of nitrogens with zero attached hydrogens (tertiary/aromatic N) is 2. The minimum Gasteiger partial charge on any atom is -0.444 e. The molecular formula is C11H17N5O2. The Labute approximate surface area is 105 Å². The number of aromatic nitrogens is 2. The van der Waals surface area contributed by atoms with E-state index in [4.69, 9.17) is 15.9 Å². The van der Waals surface area contributed by atoms with Gasteiger partial charge in [-0.05, 0) is 26.3 Å². The summed E-state index contributed by atoms with van der Waals surface area (Å²) < 4.78 is 5.05. The van der Waals surface area contributed by atoms with E-state index in [0.717, 1.165) is 0 Å². The average molecular weight is 251 g/mol. The second-order valence-electron chi connectivity index (χ2n) is 4.74. The highest BCUT2D eigenvalue weighted by atomic mass is 16.6. The molecule has 0 aliphatic rings. The van der Waals surface area contributed by atoms with Crippen molar-refractivity contribution < 1.29 is 9.53 Å². The van der Waals surface area contributed by atoms with Gasteiger partial charge in [-0.2, -0.15) is 0 Å². The van der Waals surface area contributed by atoms with Gasteiger partial charge in [0.1, 0.15) is 5.60 Å². The lowest BCUT2D eigenvalue weighted by Crippen LogP contribution is -2.27. The summed E-state index contributed by atoms with van der Waals surface area (Å²) in [4.78, 5) is 19.3. The minimum absolute atomic E-state index is 0.0338. The maximum absolute atomic E-state index is 11.4. The van der Waals surface area contributed by atoms with E-state index >= 15 is 0 Å². The molecule has 0 unspecified atom stereocenters. The summed E-state index contributed by atoms with van der Waals surface area (Å²) in [5.41, 5.74) is 5.39. The summed E-state index contributed by atoms with van der Waals surface area (Å²) in [6.07, 6.45) is 2.68. The second kappa shape index (κ2) is 5.44. The fourth-order valence-corrected chi connectivity index (χ4v) is 1.13. The molecule has 0 saturated carbocycles. The fourth-order valence-electron chi connectivity index (χ4n) is 1.13. The smallest absolute Gasteiger partial charge is 0.414 e. The zero-order valence-electron chi connectivity index (χ0n) is 10.7. The van der Waals surface area contributed by atoms with Crippen LogP contribution < -0.4 is 11.1 Å². The van der Waals surface area contributed by atoms with Crippen molar-refractivity contribution in [2.24, 2.45) is 5.73 Å². The van der Waals surface area contributed by atoms with Gasteiger partial charge in [-0.25, -0.2) is 14.8 Å². The molecule has 7 nitrogen and oxygen atoms in total. The van der Waals surface area contributed by atoms with Gasteiger partial charge in [0.15, 0.2) is 0 Å². The molecule has 1 heterocycles. The number of ether oxygens (including phenoxy) is 1. The van der Waals surface area contributed by atoms with Crippen LogP contribution in [0.5, 0.6) is 0 Å². The fraction of sp³-hybridized carbons (Fsp3) is 0.455. The maximum atomic E-state index is 11.4. The van der Waals surface area contributed by atoms with Crippen LogP contribution in [0.1, 0.15) is 26.3 Å². The number of hydrogen-bond acceptors (Lipinski definition) is 5. The molecule has 1 aromatic rings. The van der Waals surface area contributed by atoms with Gasteiger partial charge in [0, 0.05) is 18.8 Å². The maximum Gasteiger partial charge on any atom is 0.414 e. The molecule has 0 fully saturated rings. The molecule has 0 atom stereocenters. The van der Waals surface area contributed by atoms with Crippen LogP contribution >= 0.6 is 0 Å². The summed E-state index contributed by atoms with van der Waals surface area (Å²) in [7, 11) is 0. The Morgan fingerprint density at radius 3 is 2.44 bits per heavy atom. The summed E-state index contributed by atoms with van der Waals surface area (Å²) in [5.74, 6) is 0.183. The number of amides is 1. The number of hydrogen-bond donors (Lipinski definition) is 3. The van der Waals surface area contributed by atoms with Crippen LogP contribution in [0.2, 0.25) is 0 Å². The highest BCUT2D eigenvalue weighted by Gasteiger charge is 2.16. The van der Waals surface area contributed by atoms with E-state index in [-0.39, 0.29) is 18.2 Å². The Kier molecular flexibility index (Phi) is 4.19. The molecule has 1 rings (SSSR count). The van der Waals surface area contributed by atoms with Crippen LogP contribution in [0.4, 0.5) is 10.7 Å². The van der Waals surface area contributed by atoms with Gasteiger partial charge in [0.05, 0.1) is 5.84 Å². The minimum atomic E-state index is -0.609. The van der Waals surface area contributed by atoms with E-state index in [1.165, 1.54) is 12.4 Å². The number of anilines is 1. The number of carbonyl (C=O) groups excluding carboxylic acids is 1. The molecule has 1 amide bonds. The van der Waals surface area contributed by atoms with Crippen LogP contribution in [0, 0.1) is 5.41 Å². The molecule has 0 bridgehead atoms. The third kappa shape index (κ3) is 5.24. The Bertz CT molecular complexity index is 436. The van der Waals surface area contributed by atoms with Crippen molar-refractivity contribution in [3.8, 4) is 0 Å². The quantitative estimate of drug-likeness (QED) is 0.553. The molecule has 0 aliphatic carbocycles. The summed E-state index contributed by atoms with van der Waals surface area (Å²) in [6.45, 7) is 5.30. The standard InChI is InChI=1S/C11H17N5O2/c1-11(2,3)18-10(17)16-9-14-5-7(6-15-9)4-8(12)13/h5-6H,4H2,1-3H3,(H3,12,13)(H,14,15,16,17). The van der Waals surface area contributed by atoms with Gasteiger partial charge in [-0.1, -0.05) is 0 Å². The van der Waals surface area contributed by atoms with Gasteiger partial charge >= 0.3 is 6.09 Å². The number of nitrogens with one attached hydrogen (secondary N) is 2. The van der Waals surface area contributed by atoms with Gasteiger partial charge in [0.25, 0.3) is 0 Å². The van der Waals surface area contributed by atoms with Crippen molar-refractivity contribution in [3.05, 3.63) is 18.0 Å². The first-order valence-electron chi connectivity index (χ1n) is 5.40. The van der Waals surface area contributed by atoms with Gasteiger partial charge in [0.2, 0.25) is 5.95 Å². The van der Waals surface area contributed by atoms with Crippen molar-refractivity contribution in [2.45, 2.75) is 32.8 Å². The lowest BCUT2D eigenvalue weighted by atomic mass is 10.2. The zero-order valence-corrected chi connectivity index (χ0v) is 10.7. The number of amidine groups is 1. The molecule has 0 spiro atoms. The third-order valence-corrected chi connectivity index (χ3v) is 1.71. The Morgan fingerprint density at radius 2 is 2.00 bits per heavy atom. The van der Waals surface area contributed by atoms with Gasteiger partial charge in [-0.3, -0.25) is 10.7 Å².